The molecule has 0 saturated carbocycles. The number of anilines is 2. The molecule has 6 nitrogen and oxygen atoms in total. The van der Waals surface area contributed by atoms with Gasteiger partial charge in [-0.2, -0.15) is 0 Å². The minimum atomic E-state index is -3.75. The Morgan fingerprint density at radius 3 is 2.79 bits per heavy atom. The van der Waals surface area contributed by atoms with Crippen LogP contribution in [0, 0.1) is 11.7 Å². The SMILES string of the molecule is CC1CSc2ccc(S(=O)(=O)CCC(=O)Nc3ccc(F)c(Cl)c3)cc2NC1=O. The minimum absolute atomic E-state index is 0.0318. The number of hydrogen-bond donors (Lipinski definition) is 2. The number of thioether (sulfide) groups is 1. The molecule has 1 aliphatic heterocycles. The van der Waals surface area contributed by atoms with Gasteiger partial charge in [-0.1, -0.05) is 18.5 Å². The van der Waals surface area contributed by atoms with Crippen LogP contribution in [0.2, 0.25) is 5.02 Å². The van der Waals surface area contributed by atoms with Crippen LogP contribution in [0.25, 0.3) is 0 Å². The molecule has 1 unspecified atom stereocenters. The van der Waals surface area contributed by atoms with Crippen LogP contribution in [-0.2, 0) is 19.4 Å². The van der Waals surface area contributed by atoms with E-state index in [9.17, 15) is 22.4 Å². The number of hydrogen-bond acceptors (Lipinski definition) is 5. The van der Waals surface area contributed by atoms with Crippen molar-refractivity contribution in [2.45, 2.75) is 23.1 Å². The maximum absolute atomic E-state index is 13.2. The smallest absolute Gasteiger partial charge is 0.228 e. The van der Waals surface area contributed by atoms with E-state index in [2.05, 4.69) is 10.6 Å². The number of carbonyl (C=O) groups excluding carboxylic acids is 2. The van der Waals surface area contributed by atoms with E-state index in [1.165, 1.54) is 36.0 Å². The van der Waals surface area contributed by atoms with Crippen molar-refractivity contribution in [2.75, 3.05) is 22.1 Å². The molecule has 0 radical (unpaired) electrons. The molecule has 2 amide bonds. The highest BCUT2D eigenvalue weighted by molar-refractivity contribution is 7.99. The summed E-state index contributed by atoms with van der Waals surface area (Å²) in [6, 6.07) is 8.24. The summed E-state index contributed by atoms with van der Waals surface area (Å²) in [6.45, 7) is 1.80. The Labute approximate surface area is 177 Å². The van der Waals surface area contributed by atoms with Crippen LogP contribution in [0.4, 0.5) is 15.8 Å². The molecule has 0 spiro atoms. The van der Waals surface area contributed by atoms with Gasteiger partial charge in [0.2, 0.25) is 11.8 Å². The molecule has 3 rings (SSSR count). The van der Waals surface area contributed by atoms with E-state index in [1.807, 2.05) is 0 Å². The number of amides is 2. The Hall–Kier alpha value is -2.10. The van der Waals surface area contributed by atoms with Crippen LogP contribution >= 0.6 is 23.4 Å². The Bertz CT molecular complexity index is 1080. The summed E-state index contributed by atoms with van der Waals surface area (Å²) in [4.78, 5) is 24.9. The summed E-state index contributed by atoms with van der Waals surface area (Å²) >= 11 is 7.14. The molecule has 2 N–H and O–H groups in total. The lowest BCUT2D eigenvalue weighted by atomic mass is 10.2. The number of fused-ring (bicyclic) bond motifs is 1. The van der Waals surface area contributed by atoms with Crippen LogP contribution in [-0.4, -0.2) is 31.7 Å². The quantitative estimate of drug-likeness (QED) is 0.710. The van der Waals surface area contributed by atoms with Gasteiger partial charge in [-0.3, -0.25) is 9.59 Å². The standard InChI is InChI=1S/C19H18ClFN2O4S2/c1-11-10-28-17-5-3-13(9-16(17)23-19(11)25)29(26,27)7-6-18(24)22-12-2-4-15(21)14(20)8-12/h2-5,8-9,11H,6-7,10H2,1H3,(H,22,24)(H,23,25). The molecule has 0 fully saturated rings. The average molecular weight is 457 g/mol. The number of carbonyl (C=O) groups is 2. The van der Waals surface area contributed by atoms with Crippen molar-refractivity contribution in [3.8, 4) is 0 Å². The highest BCUT2D eigenvalue weighted by Gasteiger charge is 2.23. The van der Waals surface area contributed by atoms with E-state index in [4.69, 9.17) is 11.6 Å². The molecule has 1 aliphatic rings. The highest BCUT2D eigenvalue weighted by Crippen LogP contribution is 2.34. The molecule has 10 heteroatoms. The monoisotopic (exact) mass is 456 g/mol. The summed E-state index contributed by atoms with van der Waals surface area (Å²) in [7, 11) is -3.75. The van der Waals surface area contributed by atoms with Crippen LogP contribution in [0.15, 0.2) is 46.2 Å². The van der Waals surface area contributed by atoms with E-state index in [0.717, 1.165) is 11.0 Å². The first kappa shape index (κ1) is 21.6. The molecular weight excluding hydrogens is 439 g/mol. The topological polar surface area (TPSA) is 92.3 Å². The predicted octanol–water partition coefficient (Wildman–Crippen LogP) is 3.96. The Balaban J connectivity index is 1.68. The van der Waals surface area contributed by atoms with Gasteiger partial charge < -0.3 is 10.6 Å². The zero-order valence-electron chi connectivity index (χ0n) is 15.4. The summed E-state index contributed by atoms with van der Waals surface area (Å²) in [5.74, 6) is -1.30. The molecule has 0 saturated heterocycles. The van der Waals surface area contributed by atoms with E-state index < -0.39 is 27.3 Å². The fourth-order valence-corrected chi connectivity index (χ4v) is 5.07. The molecule has 1 atom stereocenters. The van der Waals surface area contributed by atoms with Gasteiger partial charge in [0.25, 0.3) is 0 Å². The Kier molecular flexibility index (Phi) is 6.50. The zero-order valence-corrected chi connectivity index (χ0v) is 17.8. The average Bonchev–Trinajstić information content (AvgIpc) is 2.81. The number of nitrogens with one attached hydrogen (secondary N) is 2. The molecular formula is C19H18ClFN2O4S2. The second-order valence-electron chi connectivity index (χ2n) is 6.61. The molecule has 0 aliphatic carbocycles. The van der Waals surface area contributed by atoms with E-state index in [1.54, 1.807) is 13.0 Å². The largest absolute Gasteiger partial charge is 0.326 e. The second-order valence-corrected chi connectivity index (χ2v) is 10.2. The lowest BCUT2D eigenvalue weighted by Crippen LogP contribution is -2.20. The van der Waals surface area contributed by atoms with Gasteiger partial charge in [-0.15, -0.1) is 11.8 Å². The van der Waals surface area contributed by atoms with Crippen molar-refractivity contribution < 1.29 is 22.4 Å². The lowest BCUT2D eigenvalue weighted by Gasteiger charge is -2.10. The first-order valence-corrected chi connectivity index (χ1v) is 11.7. The van der Waals surface area contributed by atoms with Gasteiger partial charge >= 0.3 is 0 Å². The van der Waals surface area contributed by atoms with Crippen molar-refractivity contribution >= 4 is 56.4 Å². The van der Waals surface area contributed by atoms with Crippen LogP contribution in [0.3, 0.4) is 0 Å². The third-order valence-electron chi connectivity index (χ3n) is 4.31. The number of benzene rings is 2. The lowest BCUT2D eigenvalue weighted by molar-refractivity contribution is -0.118. The summed E-state index contributed by atoms with van der Waals surface area (Å²) in [5, 5.41) is 5.09. The van der Waals surface area contributed by atoms with E-state index >= 15 is 0 Å². The van der Waals surface area contributed by atoms with Gasteiger partial charge in [-0.05, 0) is 36.4 Å². The van der Waals surface area contributed by atoms with Crippen molar-refractivity contribution in [1.29, 1.82) is 0 Å². The van der Waals surface area contributed by atoms with E-state index in [0.29, 0.717) is 11.4 Å². The van der Waals surface area contributed by atoms with Crippen molar-refractivity contribution in [2.24, 2.45) is 5.92 Å². The first-order chi connectivity index (χ1) is 13.7. The summed E-state index contributed by atoms with van der Waals surface area (Å²) in [6.07, 6.45) is -0.285. The third kappa shape index (κ3) is 5.29. The van der Waals surface area contributed by atoms with Crippen molar-refractivity contribution in [3.05, 3.63) is 47.2 Å². The summed E-state index contributed by atoms with van der Waals surface area (Å²) in [5.41, 5.74) is 0.730. The van der Waals surface area contributed by atoms with Crippen molar-refractivity contribution in [3.63, 3.8) is 0 Å². The maximum atomic E-state index is 13.2. The molecule has 1 heterocycles. The maximum Gasteiger partial charge on any atom is 0.228 e. The van der Waals surface area contributed by atoms with E-state index in [-0.39, 0.29) is 33.9 Å². The van der Waals surface area contributed by atoms with Crippen molar-refractivity contribution in [1.82, 2.24) is 0 Å². The normalized spacial score (nSPS) is 16.5. The van der Waals surface area contributed by atoms with Gasteiger partial charge in [0.1, 0.15) is 5.82 Å². The fourth-order valence-electron chi connectivity index (χ4n) is 2.61. The summed E-state index contributed by atoms with van der Waals surface area (Å²) < 4.78 is 38.4. The van der Waals surface area contributed by atoms with Crippen LogP contribution < -0.4 is 10.6 Å². The second kappa shape index (κ2) is 8.73. The molecule has 29 heavy (non-hydrogen) atoms. The third-order valence-corrected chi connectivity index (χ3v) is 7.64. The van der Waals surface area contributed by atoms with Gasteiger partial charge in [-0.25, -0.2) is 12.8 Å². The van der Waals surface area contributed by atoms with Crippen LogP contribution in [0.1, 0.15) is 13.3 Å². The molecule has 2 aromatic rings. The molecule has 0 bridgehead atoms. The van der Waals surface area contributed by atoms with Gasteiger partial charge in [0, 0.05) is 28.7 Å². The fraction of sp³-hybridized carbons (Fsp3) is 0.263. The Morgan fingerprint density at radius 2 is 2.07 bits per heavy atom. The van der Waals surface area contributed by atoms with Gasteiger partial charge in [0.15, 0.2) is 9.84 Å². The molecule has 0 aromatic heterocycles. The highest BCUT2D eigenvalue weighted by atomic mass is 35.5. The Morgan fingerprint density at radius 1 is 1.31 bits per heavy atom. The number of rotatable bonds is 5. The van der Waals surface area contributed by atoms with Crippen LogP contribution in [0.5, 0.6) is 0 Å². The number of sulfone groups is 1. The first-order valence-electron chi connectivity index (χ1n) is 8.71. The van der Waals surface area contributed by atoms with Gasteiger partial charge in [0.05, 0.1) is 21.4 Å². The molecule has 2 aromatic carbocycles. The predicted molar refractivity (Wildman–Crippen MR) is 112 cm³/mol. The zero-order chi connectivity index (χ0) is 21.2. The molecule has 154 valence electrons. The number of halogens is 2. The minimum Gasteiger partial charge on any atom is -0.326 e.